The number of anilines is 2. The largest absolute Gasteiger partial charge is 0.478 e. The third-order valence-electron chi connectivity index (χ3n) is 4.62. The molecule has 0 fully saturated rings. The maximum Gasteiger partial charge on any atom is 0.335 e. The van der Waals surface area contributed by atoms with Crippen molar-refractivity contribution in [1.82, 2.24) is 0 Å². The van der Waals surface area contributed by atoms with E-state index in [0.29, 0.717) is 5.69 Å². The highest BCUT2D eigenvalue weighted by Crippen LogP contribution is 2.17. The maximum absolute atomic E-state index is 12.0. The molecule has 0 aliphatic rings. The SMILES string of the molecule is Nc1ccccc1.O=C(O)c1ccc(S(=O)(=O)Cl)cc1.O=C(O)c1ccc(S(=O)(=O)Nc2ccccc2)cc1. The molecule has 4 rings (SSSR count). The van der Waals surface area contributed by atoms with E-state index in [9.17, 15) is 26.4 Å². The van der Waals surface area contributed by atoms with E-state index < -0.39 is 31.0 Å². The Balaban J connectivity index is 0.000000229. The van der Waals surface area contributed by atoms with E-state index in [1.54, 1.807) is 30.3 Å². The quantitative estimate of drug-likeness (QED) is 0.182. The number of nitrogens with two attached hydrogens (primary N) is 1. The lowest BCUT2D eigenvalue weighted by Gasteiger charge is -2.07. The molecule has 0 heterocycles. The van der Waals surface area contributed by atoms with Gasteiger partial charge >= 0.3 is 11.9 Å². The van der Waals surface area contributed by atoms with E-state index in [0.717, 1.165) is 17.8 Å². The van der Waals surface area contributed by atoms with Crippen molar-refractivity contribution >= 4 is 53.1 Å². The van der Waals surface area contributed by atoms with E-state index in [1.165, 1.54) is 36.4 Å². The molecule has 10 nitrogen and oxygen atoms in total. The van der Waals surface area contributed by atoms with Crippen molar-refractivity contribution in [3.8, 4) is 0 Å². The van der Waals surface area contributed by atoms with E-state index in [2.05, 4.69) is 4.72 Å². The van der Waals surface area contributed by atoms with Crippen molar-refractivity contribution in [1.29, 1.82) is 0 Å². The average molecular weight is 591 g/mol. The molecule has 0 saturated heterocycles. The lowest BCUT2D eigenvalue weighted by atomic mass is 10.2. The predicted molar refractivity (Wildman–Crippen MR) is 148 cm³/mol. The molecule has 0 bridgehead atoms. The van der Waals surface area contributed by atoms with Gasteiger partial charge in [0.25, 0.3) is 19.1 Å². The van der Waals surface area contributed by atoms with Crippen LogP contribution in [0.25, 0.3) is 0 Å². The van der Waals surface area contributed by atoms with Crippen LogP contribution in [0.3, 0.4) is 0 Å². The zero-order valence-electron chi connectivity index (χ0n) is 20.0. The Bertz CT molecular complexity index is 1600. The van der Waals surface area contributed by atoms with Crippen molar-refractivity contribution in [3.63, 3.8) is 0 Å². The van der Waals surface area contributed by atoms with Gasteiger partial charge in [-0.05, 0) is 72.8 Å². The van der Waals surface area contributed by atoms with Crippen molar-refractivity contribution in [2.45, 2.75) is 9.79 Å². The second kappa shape index (κ2) is 14.0. The molecule has 0 saturated carbocycles. The molecule has 0 aliphatic heterocycles. The van der Waals surface area contributed by atoms with Gasteiger partial charge in [0.2, 0.25) is 0 Å². The van der Waals surface area contributed by atoms with Crippen LogP contribution in [0.2, 0.25) is 0 Å². The van der Waals surface area contributed by atoms with Crippen LogP contribution < -0.4 is 10.5 Å². The summed E-state index contributed by atoms with van der Waals surface area (Å²) in [5.74, 6) is -2.21. The molecule has 0 unspecified atom stereocenters. The Kier molecular flexibility index (Phi) is 11.0. The van der Waals surface area contributed by atoms with Crippen LogP contribution in [0.15, 0.2) is 119 Å². The van der Waals surface area contributed by atoms with Crippen LogP contribution in [0.1, 0.15) is 20.7 Å². The molecule has 0 aliphatic carbocycles. The van der Waals surface area contributed by atoms with Gasteiger partial charge in [-0.2, -0.15) is 0 Å². The molecule has 0 spiro atoms. The van der Waals surface area contributed by atoms with Crippen LogP contribution in [-0.4, -0.2) is 39.0 Å². The number of hydrogen-bond acceptors (Lipinski definition) is 7. The highest BCUT2D eigenvalue weighted by Gasteiger charge is 2.15. The number of aromatic carboxylic acids is 2. The topological polar surface area (TPSA) is 181 Å². The fourth-order valence-corrected chi connectivity index (χ4v) is 4.54. The summed E-state index contributed by atoms with van der Waals surface area (Å²) in [6.45, 7) is 0. The molecular formula is C26H23ClN2O8S2. The van der Waals surface area contributed by atoms with Gasteiger partial charge in [0.05, 0.1) is 20.9 Å². The highest BCUT2D eigenvalue weighted by atomic mass is 35.7. The molecule has 204 valence electrons. The minimum absolute atomic E-state index is 0.0151. The van der Waals surface area contributed by atoms with Crippen LogP contribution in [0.5, 0.6) is 0 Å². The minimum atomic E-state index is -3.77. The summed E-state index contributed by atoms with van der Waals surface area (Å²) in [6, 6.07) is 27.6. The number of hydrogen-bond donors (Lipinski definition) is 4. The van der Waals surface area contributed by atoms with Crippen molar-refractivity contribution in [3.05, 3.63) is 120 Å². The second-order valence-electron chi connectivity index (χ2n) is 7.48. The van der Waals surface area contributed by atoms with Gasteiger partial charge in [-0.1, -0.05) is 36.4 Å². The smallest absolute Gasteiger partial charge is 0.335 e. The van der Waals surface area contributed by atoms with E-state index in [1.807, 2.05) is 30.3 Å². The number of rotatable bonds is 6. The minimum Gasteiger partial charge on any atom is -0.478 e. The molecule has 13 heteroatoms. The van der Waals surface area contributed by atoms with Gasteiger partial charge in [-0.3, -0.25) is 4.72 Å². The summed E-state index contributed by atoms with van der Waals surface area (Å²) in [5.41, 5.74) is 6.69. The lowest BCUT2D eigenvalue weighted by Crippen LogP contribution is -2.13. The monoisotopic (exact) mass is 590 g/mol. The summed E-state index contributed by atoms with van der Waals surface area (Å²) in [4.78, 5) is 21.0. The van der Waals surface area contributed by atoms with Crippen LogP contribution in [0.4, 0.5) is 11.4 Å². The number of carboxylic acids is 2. The summed E-state index contributed by atoms with van der Waals surface area (Å²) >= 11 is 0. The standard InChI is InChI=1S/C13H11NO4S.C7H5ClO4S.C6H7N/c15-13(16)10-6-8-12(9-7-10)19(17,18)14-11-4-2-1-3-5-11;8-13(11,12)6-3-1-5(2-4-6)7(9)10;7-6-4-2-1-3-5-6/h1-9,14H,(H,15,16);1-4H,(H,9,10);1-5H,7H2. The summed E-state index contributed by atoms with van der Waals surface area (Å²) in [6.07, 6.45) is 0. The first-order chi connectivity index (χ1) is 18.3. The molecular weight excluding hydrogens is 568 g/mol. The first-order valence-electron chi connectivity index (χ1n) is 10.8. The van der Waals surface area contributed by atoms with Gasteiger partial charge in [0, 0.05) is 22.1 Å². The molecule has 5 N–H and O–H groups in total. The summed E-state index contributed by atoms with van der Waals surface area (Å²) in [5, 5.41) is 17.2. The molecule has 4 aromatic carbocycles. The van der Waals surface area contributed by atoms with Crippen molar-refractivity contribution in [2.75, 3.05) is 10.5 Å². The average Bonchev–Trinajstić information content (AvgIpc) is 2.90. The predicted octanol–water partition coefficient (Wildman–Crippen LogP) is 4.77. The van der Waals surface area contributed by atoms with Crippen LogP contribution in [0, 0.1) is 0 Å². The zero-order chi connectivity index (χ0) is 29.1. The van der Waals surface area contributed by atoms with Crippen molar-refractivity contribution < 1.29 is 36.6 Å². The van der Waals surface area contributed by atoms with E-state index >= 15 is 0 Å². The molecule has 4 aromatic rings. The number of halogens is 1. The Morgan fingerprint density at radius 2 is 1.00 bits per heavy atom. The van der Waals surface area contributed by atoms with Gasteiger partial charge < -0.3 is 15.9 Å². The number of nitrogen functional groups attached to an aromatic ring is 1. The zero-order valence-corrected chi connectivity index (χ0v) is 22.4. The van der Waals surface area contributed by atoms with Gasteiger partial charge in [-0.15, -0.1) is 0 Å². The summed E-state index contributed by atoms with van der Waals surface area (Å²) in [7, 11) is -2.45. The van der Waals surface area contributed by atoms with E-state index in [4.69, 9.17) is 26.6 Å². The van der Waals surface area contributed by atoms with Gasteiger partial charge in [0.1, 0.15) is 0 Å². The Morgan fingerprint density at radius 3 is 1.33 bits per heavy atom. The van der Waals surface area contributed by atoms with Crippen molar-refractivity contribution in [2.24, 2.45) is 0 Å². The number of para-hydroxylation sites is 2. The first kappa shape index (κ1) is 30.8. The molecule has 0 amide bonds. The lowest BCUT2D eigenvalue weighted by molar-refractivity contribution is 0.0686. The summed E-state index contributed by atoms with van der Waals surface area (Å²) < 4.78 is 47.9. The maximum atomic E-state index is 12.0. The molecule has 0 radical (unpaired) electrons. The molecule has 39 heavy (non-hydrogen) atoms. The number of carboxylic acid groups (broad SMARTS) is 2. The second-order valence-corrected chi connectivity index (χ2v) is 11.7. The Labute approximate surface area is 229 Å². The Morgan fingerprint density at radius 1 is 0.615 bits per heavy atom. The van der Waals surface area contributed by atoms with Gasteiger partial charge in [0.15, 0.2) is 0 Å². The fourth-order valence-electron chi connectivity index (χ4n) is 2.71. The van der Waals surface area contributed by atoms with E-state index in [-0.39, 0.29) is 20.9 Å². The third kappa shape index (κ3) is 10.5. The number of carbonyl (C=O) groups is 2. The molecule has 0 aromatic heterocycles. The van der Waals surface area contributed by atoms with Gasteiger partial charge in [-0.25, -0.2) is 26.4 Å². The van der Waals surface area contributed by atoms with Crippen LogP contribution >= 0.6 is 10.7 Å². The highest BCUT2D eigenvalue weighted by molar-refractivity contribution is 8.13. The Hall–Kier alpha value is -4.39. The first-order valence-corrected chi connectivity index (χ1v) is 14.6. The number of nitrogens with one attached hydrogen (secondary N) is 1. The van der Waals surface area contributed by atoms with Crippen LogP contribution in [-0.2, 0) is 19.1 Å². The normalized spacial score (nSPS) is 10.6. The number of benzene rings is 4. The molecule has 0 atom stereocenters. The third-order valence-corrected chi connectivity index (χ3v) is 7.39. The number of sulfonamides is 1. The fraction of sp³-hybridized carbons (Fsp3) is 0.